The molecule has 0 atom stereocenters. The molecule has 0 radical (unpaired) electrons. The van der Waals surface area contributed by atoms with Crippen molar-refractivity contribution in [3.63, 3.8) is 0 Å². The summed E-state index contributed by atoms with van der Waals surface area (Å²) in [5.41, 5.74) is 0.565. The summed E-state index contributed by atoms with van der Waals surface area (Å²) in [4.78, 5) is 12.1. The van der Waals surface area contributed by atoms with Crippen molar-refractivity contribution >= 4 is 5.78 Å². The lowest BCUT2D eigenvalue weighted by molar-refractivity contribution is 0.0921. The number of methoxy groups -OCH3 is 3. The molecule has 0 aliphatic carbocycles. The van der Waals surface area contributed by atoms with Crippen molar-refractivity contribution in [2.24, 2.45) is 0 Å². The number of Topliss-reactive ketones (excluding diaryl/α,β-unsaturated/α-hetero) is 1. The van der Waals surface area contributed by atoms with Gasteiger partial charge >= 0.3 is 0 Å². The molecular formula is C17H18O5. The van der Waals surface area contributed by atoms with Gasteiger partial charge < -0.3 is 18.9 Å². The fraction of sp³-hybridized carbons (Fsp3) is 0.235. The second-order valence-electron chi connectivity index (χ2n) is 4.49. The Morgan fingerprint density at radius 1 is 0.773 bits per heavy atom. The first kappa shape index (κ1) is 15.7. The highest BCUT2D eigenvalue weighted by Gasteiger charge is 2.09. The predicted octanol–water partition coefficient (Wildman–Crippen LogP) is 2.97. The lowest BCUT2D eigenvalue weighted by atomic mass is 10.1. The van der Waals surface area contributed by atoms with Crippen molar-refractivity contribution in [1.29, 1.82) is 0 Å². The van der Waals surface area contributed by atoms with Crippen molar-refractivity contribution in [1.82, 2.24) is 0 Å². The van der Waals surface area contributed by atoms with Gasteiger partial charge in [0, 0.05) is 23.8 Å². The molecule has 0 N–H and O–H groups in total. The maximum atomic E-state index is 12.1. The third-order valence-corrected chi connectivity index (χ3v) is 3.11. The van der Waals surface area contributed by atoms with Gasteiger partial charge in [-0.25, -0.2) is 0 Å². The van der Waals surface area contributed by atoms with Crippen LogP contribution in [-0.2, 0) is 0 Å². The van der Waals surface area contributed by atoms with E-state index in [9.17, 15) is 4.79 Å². The Morgan fingerprint density at radius 2 is 1.27 bits per heavy atom. The molecule has 5 heteroatoms. The first-order valence-corrected chi connectivity index (χ1v) is 6.69. The summed E-state index contributed by atoms with van der Waals surface area (Å²) in [7, 11) is 4.69. The van der Waals surface area contributed by atoms with E-state index < -0.39 is 0 Å². The number of rotatable bonds is 7. The molecular weight excluding hydrogens is 284 g/mol. The Bertz CT molecular complexity index is 612. The van der Waals surface area contributed by atoms with Gasteiger partial charge in [-0.05, 0) is 24.3 Å². The van der Waals surface area contributed by atoms with E-state index >= 15 is 0 Å². The predicted molar refractivity (Wildman–Crippen MR) is 82.4 cm³/mol. The van der Waals surface area contributed by atoms with Crippen molar-refractivity contribution < 1.29 is 23.7 Å². The third-order valence-electron chi connectivity index (χ3n) is 3.11. The van der Waals surface area contributed by atoms with Crippen LogP contribution in [0.5, 0.6) is 23.0 Å². The second-order valence-corrected chi connectivity index (χ2v) is 4.49. The van der Waals surface area contributed by atoms with Crippen LogP contribution in [0.1, 0.15) is 10.4 Å². The number of carbonyl (C=O) groups excluding carboxylic acids is 1. The summed E-state index contributed by atoms with van der Waals surface area (Å²) in [5, 5.41) is 0. The van der Waals surface area contributed by atoms with Gasteiger partial charge in [0.25, 0.3) is 0 Å². The Hall–Kier alpha value is -2.69. The zero-order chi connectivity index (χ0) is 15.9. The topological polar surface area (TPSA) is 54.0 Å². The number of ether oxygens (including phenoxy) is 4. The van der Waals surface area contributed by atoms with E-state index in [1.165, 1.54) is 0 Å². The van der Waals surface area contributed by atoms with Crippen LogP contribution in [0.4, 0.5) is 0 Å². The van der Waals surface area contributed by atoms with Gasteiger partial charge in [-0.3, -0.25) is 4.79 Å². The summed E-state index contributed by atoms with van der Waals surface area (Å²) in [6.07, 6.45) is 0. The zero-order valence-corrected chi connectivity index (χ0v) is 12.8. The third kappa shape index (κ3) is 3.91. The van der Waals surface area contributed by atoms with Crippen LogP contribution in [0, 0.1) is 0 Å². The highest BCUT2D eigenvalue weighted by molar-refractivity contribution is 5.97. The maximum Gasteiger partial charge on any atom is 0.200 e. The average Bonchev–Trinajstić information content (AvgIpc) is 2.59. The monoisotopic (exact) mass is 302 g/mol. The fourth-order valence-corrected chi connectivity index (χ4v) is 1.87. The standard InChI is InChI=1S/C17H18O5/c1-19-13-6-4-12(5-7-13)17(18)11-22-16-9-14(20-2)8-15(10-16)21-3/h4-10H,11H2,1-3H3. The minimum Gasteiger partial charge on any atom is -0.497 e. The van der Waals surface area contributed by atoms with Crippen LogP contribution in [0.15, 0.2) is 42.5 Å². The van der Waals surface area contributed by atoms with Gasteiger partial charge in [-0.1, -0.05) is 0 Å². The van der Waals surface area contributed by atoms with E-state index in [2.05, 4.69) is 0 Å². The number of ketones is 1. The molecule has 0 unspecified atom stereocenters. The van der Waals surface area contributed by atoms with Crippen LogP contribution in [0.3, 0.4) is 0 Å². The molecule has 2 rings (SSSR count). The summed E-state index contributed by atoms with van der Waals surface area (Å²) in [5.74, 6) is 2.30. The van der Waals surface area contributed by atoms with E-state index in [0.29, 0.717) is 28.6 Å². The van der Waals surface area contributed by atoms with Gasteiger partial charge in [-0.2, -0.15) is 0 Å². The molecule has 5 nitrogen and oxygen atoms in total. The van der Waals surface area contributed by atoms with Gasteiger partial charge in [0.2, 0.25) is 0 Å². The molecule has 0 saturated carbocycles. The van der Waals surface area contributed by atoms with E-state index in [4.69, 9.17) is 18.9 Å². The van der Waals surface area contributed by atoms with E-state index in [-0.39, 0.29) is 12.4 Å². The first-order chi connectivity index (χ1) is 10.7. The van der Waals surface area contributed by atoms with Crippen molar-refractivity contribution in [3.8, 4) is 23.0 Å². The molecule has 0 amide bonds. The van der Waals surface area contributed by atoms with E-state index in [1.807, 2.05) is 0 Å². The van der Waals surface area contributed by atoms with Crippen LogP contribution in [0.25, 0.3) is 0 Å². The molecule has 0 spiro atoms. The minimum atomic E-state index is -0.121. The van der Waals surface area contributed by atoms with Gasteiger partial charge in [0.15, 0.2) is 12.4 Å². The fourth-order valence-electron chi connectivity index (χ4n) is 1.87. The highest BCUT2D eigenvalue weighted by atomic mass is 16.5. The number of carbonyl (C=O) groups is 1. The maximum absolute atomic E-state index is 12.1. The number of benzene rings is 2. The molecule has 0 heterocycles. The molecule has 2 aromatic rings. The number of hydrogen-bond donors (Lipinski definition) is 0. The van der Waals surface area contributed by atoms with Crippen LogP contribution < -0.4 is 18.9 Å². The summed E-state index contributed by atoms with van der Waals surface area (Å²) in [6.45, 7) is -0.0668. The normalized spacial score (nSPS) is 9.95. The molecule has 0 aromatic heterocycles. The zero-order valence-electron chi connectivity index (χ0n) is 12.8. The van der Waals surface area contributed by atoms with Crippen molar-refractivity contribution in [2.75, 3.05) is 27.9 Å². The summed E-state index contributed by atoms with van der Waals surface area (Å²) < 4.78 is 20.9. The SMILES string of the molecule is COc1ccc(C(=O)COc2cc(OC)cc(OC)c2)cc1. The van der Waals surface area contributed by atoms with E-state index in [0.717, 1.165) is 0 Å². The molecule has 116 valence electrons. The molecule has 0 aliphatic rings. The minimum absolute atomic E-state index is 0.0668. The van der Waals surface area contributed by atoms with Crippen molar-refractivity contribution in [3.05, 3.63) is 48.0 Å². The Morgan fingerprint density at radius 3 is 1.77 bits per heavy atom. The molecule has 0 aliphatic heterocycles. The lowest BCUT2D eigenvalue weighted by Crippen LogP contribution is -2.11. The van der Waals surface area contributed by atoms with Crippen molar-refractivity contribution in [2.45, 2.75) is 0 Å². The Balaban J connectivity index is 2.03. The molecule has 0 bridgehead atoms. The molecule has 0 saturated heterocycles. The Labute approximate surface area is 129 Å². The highest BCUT2D eigenvalue weighted by Crippen LogP contribution is 2.27. The van der Waals surface area contributed by atoms with Gasteiger partial charge in [0.1, 0.15) is 23.0 Å². The van der Waals surface area contributed by atoms with Crippen LogP contribution >= 0.6 is 0 Å². The van der Waals surface area contributed by atoms with Gasteiger partial charge in [-0.15, -0.1) is 0 Å². The first-order valence-electron chi connectivity index (χ1n) is 6.69. The summed E-state index contributed by atoms with van der Waals surface area (Å²) >= 11 is 0. The number of hydrogen-bond acceptors (Lipinski definition) is 5. The quantitative estimate of drug-likeness (QED) is 0.736. The van der Waals surface area contributed by atoms with Crippen LogP contribution in [-0.4, -0.2) is 33.7 Å². The lowest BCUT2D eigenvalue weighted by Gasteiger charge is -2.10. The van der Waals surface area contributed by atoms with E-state index in [1.54, 1.807) is 63.8 Å². The second kappa shape index (κ2) is 7.36. The largest absolute Gasteiger partial charge is 0.497 e. The molecule has 2 aromatic carbocycles. The average molecular weight is 302 g/mol. The van der Waals surface area contributed by atoms with Crippen LogP contribution in [0.2, 0.25) is 0 Å². The smallest absolute Gasteiger partial charge is 0.200 e. The molecule has 22 heavy (non-hydrogen) atoms. The molecule has 0 fully saturated rings. The van der Waals surface area contributed by atoms with Gasteiger partial charge in [0.05, 0.1) is 21.3 Å². The Kier molecular flexibility index (Phi) is 5.25. The summed E-state index contributed by atoms with van der Waals surface area (Å²) in [6, 6.07) is 12.0.